The minimum absolute atomic E-state index is 0.213. The Morgan fingerprint density at radius 3 is 2.88 bits per heavy atom. The highest BCUT2D eigenvalue weighted by Gasteiger charge is 2.35. The molecule has 0 bridgehead atoms. The van der Waals surface area contributed by atoms with Gasteiger partial charge in [0.2, 0.25) is 0 Å². The van der Waals surface area contributed by atoms with Gasteiger partial charge in [-0.1, -0.05) is 12.1 Å². The third kappa shape index (κ3) is 3.31. The Hall–Kier alpha value is -2.05. The minimum Gasteiger partial charge on any atom is -0.490 e. The van der Waals surface area contributed by atoms with Gasteiger partial charge in [-0.25, -0.2) is 4.98 Å². The Labute approximate surface area is 154 Å². The van der Waals surface area contributed by atoms with Gasteiger partial charge in [0.1, 0.15) is 5.82 Å². The Kier molecular flexibility index (Phi) is 4.87. The van der Waals surface area contributed by atoms with Gasteiger partial charge in [0.25, 0.3) is 0 Å². The molecule has 1 fully saturated rings. The van der Waals surface area contributed by atoms with Crippen molar-refractivity contribution in [1.82, 2.24) is 14.9 Å². The predicted molar refractivity (Wildman–Crippen MR) is 98.7 cm³/mol. The number of rotatable bonds is 4. The van der Waals surface area contributed by atoms with Crippen LogP contribution in [-0.4, -0.2) is 47.8 Å². The van der Waals surface area contributed by atoms with Crippen molar-refractivity contribution >= 4 is 0 Å². The second kappa shape index (κ2) is 7.29. The number of H-pyrrole nitrogens is 1. The third-order valence-corrected chi connectivity index (χ3v) is 5.39. The minimum atomic E-state index is 0.213. The van der Waals surface area contributed by atoms with E-state index in [0.29, 0.717) is 13.2 Å². The molecule has 1 aromatic carbocycles. The van der Waals surface area contributed by atoms with E-state index in [1.54, 1.807) is 7.11 Å². The summed E-state index contributed by atoms with van der Waals surface area (Å²) in [5.41, 5.74) is 3.35. The van der Waals surface area contributed by atoms with Crippen LogP contribution in [0.15, 0.2) is 18.2 Å². The summed E-state index contributed by atoms with van der Waals surface area (Å²) in [7, 11) is 1.79. The van der Waals surface area contributed by atoms with Crippen molar-refractivity contribution in [2.75, 3.05) is 26.9 Å². The van der Waals surface area contributed by atoms with Crippen LogP contribution in [0.25, 0.3) is 0 Å². The van der Waals surface area contributed by atoms with Crippen molar-refractivity contribution in [2.24, 2.45) is 0 Å². The lowest BCUT2D eigenvalue weighted by Crippen LogP contribution is -2.25. The van der Waals surface area contributed by atoms with Gasteiger partial charge in [-0.3, -0.25) is 4.90 Å². The lowest BCUT2D eigenvalue weighted by Gasteiger charge is -2.24. The van der Waals surface area contributed by atoms with E-state index in [0.717, 1.165) is 60.2 Å². The third-order valence-electron chi connectivity index (χ3n) is 5.39. The van der Waals surface area contributed by atoms with Gasteiger partial charge in [0, 0.05) is 37.9 Å². The van der Waals surface area contributed by atoms with Crippen LogP contribution in [0.5, 0.6) is 11.5 Å². The number of aromatic amines is 1. The normalized spacial score (nSPS) is 23.2. The van der Waals surface area contributed by atoms with E-state index in [2.05, 4.69) is 22.9 Å². The number of ether oxygens (including phenoxy) is 3. The molecule has 6 nitrogen and oxygen atoms in total. The van der Waals surface area contributed by atoms with Crippen molar-refractivity contribution < 1.29 is 14.2 Å². The van der Waals surface area contributed by atoms with Crippen LogP contribution in [-0.2, 0) is 11.3 Å². The van der Waals surface area contributed by atoms with Crippen LogP contribution in [0.2, 0.25) is 0 Å². The van der Waals surface area contributed by atoms with Crippen LogP contribution in [0, 0.1) is 13.8 Å². The maximum Gasteiger partial charge on any atom is 0.165 e. The van der Waals surface area contributed by atoms with E-state index in [4.69, 9.17) is 19.2 Å². The maximum atomic E-state index is 6.00. The second-order valence-electron chi connectivity index (χ2n) is 7.17. The summed E-state index contributed by atoms with van der Waals surface area (Å²) in [6, 6.07) is 6.38. The highest BCUT2D eigenvalue weighted by Crippen LogP contribution is 2.38. The average molecular weight is 357 g/mol. The number of imidazole rings is 1. The average Bonchev–Trinajstić information content (AvgIpc) is 3.08. The molecular formula is C20H27N3O3. The van der Waals surface area contributed by atoms with Gasteiger partial charge in [-0.2, -0.15) is 0 Å². The molecule has 2 atom stereocenters. The number of hydrogen-bond acceptors (Lipinski definition) is 5. The number of benzene rings is 1. The van der Waals surface area contributed by atoms with Crippen molar-refractivity contribution in [2.45, 2.75) is 45.4 Å². The fraction of sp³-hybridized carbons (Fsp3) is 0.550. The molecule has 0 aliphatic carbocycles. The van der Waals surface area contributed by atoms with Crippen molar-refractivity contribution in [1.29, 1.82) is 0 Å². The summed E-state index contributed by atoms with van der Waals surface area (Å²) in [6.45, 7) is 7.19. The van der Waals surface area contributed by atoms with E-state index in [9.17, 15) is 0 Å². The smallest absolute Gasteiger partial charge is 0.165 e. The second-order valence-corrected chi connectivity index (χ2v) is 7.17. The number of likely N-dealkylation sites (tertiary alicyclic amines) is 1. The summed E-state index contributed by atoms with van der Waals surface area (Å²) in [5.74, 6) is 2.76. The summed E-state index contributed by atoms with van der Waals surface area (Å²) in [6.07, 6.45) is 2.07. The zero-order chi connectivity index (χ0) is 18.1. The number of aryl methyl sites for hydroxylation is 2. The molecular weight excluding hydrogens is 330 g/mol. The quantitative estimate of drug-likeness (QED) is 0.911. The Morgan fingerprint density at radius 2 is 2.12 bits per heavy atom. The molecule has 0 unspecified atom stereocenters. The number of aromatic nitrogens is 2. The van der Waals surface area contributed by atoms with Gasteiger partial charge < -0.3 is 19.2 Å². The molecule has 0 spiro atoms. The summed E-state index contributed by atoms with van der Waals surface area (Å²) in [4.78, 5) is 10.6. The van der Waals surface area contributed by atoms with E-state index in [1.165, 1.54) is 0 Å². The predicted octanol–water partition coefficient (Wildman–Crippen LogP) is 3.15. The number of nitrogens with one attached hydrogen (secondary N) is 1. The largest absolute Gasteiger partial charge is 0.490 e. The van der Waals surface area contributed by atoms with Crippen LogP contribution in [0.3, 0.4) is 0 Å². The van der Waals surface area contributed by atoms with Crippen molar-refractivity contribution in [3.63, 3.8) is 0 Å². The first-order valence-corrected chi connectivity index (χ1v) is 9.33. The molecule has 1 saturated heterocycles. The summed E-state index contributed by atoms with van der Waals surface area (Å²) >= 11 is 0. The van der Waals surface area contributed by atoms with Gasteiger partial charge in [0.05, 0.1) is 31.1 Å². The SMILES string of the molecule is CO[C@@H]1C[C@@H](c2nc(C)c(C)[nH]2)N(Cc2cccc3c2OCCCO3)C1. The van der Waals surface area contributed by atoms with Crippen molar-refractivity contribution in [3.05, 3.63) is 41.0 Å². The zero-order valence-corrected chi connectivity index (χ0v) is 15.7. The number of nitrogens with zero attached hydrogens (tertiary/aromatic N) is 2. The highest BCUT2D eigenvalue weighted by molar-refractivity contribution is 5.47. The molecule has 6 heteroatoms. The number of para-hydroxylation sites is 1. The molecule has 3 heterocycles. The number of methoxy groups -OCH3 is 1. The first-order valence-electron chi connectivity index (χ1n) is 9.33. The molecule has 140 valence electrons. The van der Waals surface area contributed by atoms with Crippen LogP contribution in [0.1, 0.15) is 41.7 Å². The van der Waals surface area contributed by atoms with Crippen molar-refractivity contribution in [3.8, 4) is 11.5 Å². The fourth-order valence-electron chi connectivity index (χ4n) is 3.82. The van der Waals surface area contributed by atoms with Gasteiger partial charge in [0.15, 0.2) is 11.5 Å². The molecule has 1 aromatic heterocycles. The lowest BCUT2D eigenvalue weighted by molar-refractivity contribution is 0.107. The summed E-state index contributed by atoms with van der Waals surface area (Å²) < 4.78 is 17.5. The molecule has 0 radical (unpaired) electrons. The van der Waals surface area contributed by atoms with E-state index >= 15 is 0 Å². The van der Waals surface area contributed by atoms with Crippen LogP contribution >= 0.6 is 0 Å². The van der Waals surface area contributed by atoms with Gasteiger partial charge in [-0.05, 0) is 26.3 Å². The van der Waals surface area contributed by atoms with E-state index in [-0.39, 0.29) is 12.1 Å². The highest BCUT2D eigenvalue weighted by atomic mass is 16.5. The molecule has 1 N–H and O–H groups in total. The van der Waals surface area contributed by atoms with Gasteiger partial charge >= 0.3 is 0 Å². The molecule has 2 aliphatic heterocycles. The van der Waals surface area contributed by atoms with Crippen LogP contribution < -0.4 is 9.47 Å². The molecule has 2 aliphatic rings. The Balaban J connectivity index is 1.61. The fourth-order valence-corrected chi connectivity index (χ4v) is 3.82. The maximum absolute atomic E-state index is 6.00. The van der Waals surface area contributed by atoms with Crippen LogP contribution in [0.4, 0.5) is 0 Å². The topological polar surface area (TPSA) is 59.6 Å². The monoisotopic (exact) mass is 357 g/mol. The van der Waals surface area contributed by atoms with Gasteiger partial charge in [-0.15, -0.1) is 0 Å². The van der Waals surface area contributed by atoms with E-state index in [1.807, 2.05) is 19.1 Å². The first-order chi connectivity index (χ1) is 12.7. The standard InChI is InChI=1S/C20H27N3O3/c1-13-14(2)22-20(21-13)17-10-16(24-3)12-23(17)11-15-6-4-7-18-19(15)26-9-5-8-25-18/h4,6-7,16-17H,5,8-12H2,1-3H3,(H,21,22)/t16-,17+/m1/s1. The summed E-state index contributed by atoms with van der Waals surface area (Å²) in [5, 5.41) is 0. The molecule has 0 saturated carbocycles. The zero-order valence-electron chi connectivity index (χ0n) is 15.7. The number of hydrogen-bond donors (Lipinski definition) is 1. The lowest BCUT2D eigenvalue weighted by atomic mass is 10.1. The van der Waals surface area contributed by atoms with E-state index < -0.39 is 0 Å². The number of fused-ring (bicyclic) bond motifs is 1. The molecule has 0 amide bonds. The molecule has 4 rings (SSSR count). The molecule has 2 aromatic rings. The molecule has 26 heavy (non-hydrogen) atoms. The first kappa shape index (κ1) is 17.4. The Morgan fingerprint density at radius 1 is 1.27 bits per heavy atom. The Bertz CT molecular complexity index is 754.